The molecule has 1 unspecified atom stereocenters. The van der Waals surface area contributed by atoms with Crippen molar-refractivity contribution in [2.45, 2.75) is 138 Å². The Morgan fingerprint density at radius 2 is 1.76 bits per heavy atom. The highest BCUT2D eigenvalue weighted by Crippen LogP contribution is 2.49. The van der Waals surface area contributed by atoms with Crippen LogP contribution in [-0.2, 0) is 22.6 Å². The lowest BCUT2D eigenvalue weighted by atomic mass is 9.69. The molecule has 1 spiro atoms. The summed E-state index contributed by atoms with van der Waals surface area (Å²) >= 11 is 0. The van der Waals surface area contributed by atoms with Crippen molar-refractivity contribution in [1.29, 1.82) is 0 Å². The molecule has 2 N–H and O–H groups in total. The summed E-state index contributed by atoms with van der Waals surface area (Å²) in [5.74, 6) is 0.373. The van der Waals surface area contributed by atoms with Crippen LogP contribution >= 0.6 is 0 Å². The molecule has 0 bridgehead atoms. The van der Waals surface area contributed by atoms with Crippen molar-refractivity contribution in [2.24, 2.45) is 27.2 Å². The maximum Gasteiger partial charge on any atom is 0.275 e. The van der Waals surface area contributed by atoms with Crippen molar-refractivity contribution in [2.75, 3.05) is 0 Å². The molecule has 1 aliphatic heterocycles. The topological polar surface area (TPSA) is 116 Å². The Bertz CT molecular complexity index is 1610. The zero-order valence-electron chi connectivity index (χ0n) is 31.0. The van der Waals surface area contributed by atoms with Crippen molar-refractivity contribution in [3.63, 3.8) is 0 Å². The molecule has 1 fully saturated rings. The molecular formula is C39H56FN7O2. The summed E-state index contributed by atoms with van der Waals surface area (Å²) in [6.07, 6.45) is 10.9. The fraction of sp³-hybridized carbons (Fsp3) is 0.641. The third-order valence-corrected chi connectivity index (χ3v) is 10.4. The molecule has 1 atom stereocenters. The Balaban J connectivity index is 1.50. The number of carbonyl (C=O) groups is 2. The zero-order valence-corrected chi connectivity index (χ0v) is 31.0. The average Bonchev–Trinajstić information content (AvgIpc) is 3.63. The van der Waals surface area contributed by atoms with Gasteiger partial charge in [0.15, 0.2) is 5.82 Å². The van der Waals surface area contributed by atoms with E-state index in [0.29, 0.717) is 53.4 Å². The van der Waals surface area contributed by atoms with Crippen LogP contribution in [0, 0.1) is 28.0 Å². The minimum Gasteiger partial charge on any atom is -0.345 e. The van der Waals surface area contributed by atoms with Gasteiger partial charge in [-0.25, -0.2) is 4.39 Å². The number of aromatic amines is 1. The Kier molecular flexibility index (Phi) is 10.4. The maximum atomic E-state index is 15.6. The van der Waals surface area contributed by atoms with E-state index in [4.69, 9.17) is 4.99 Å². The van der Waals surface area contributed by atoms with E-state index in [2.05, 4.69) is 93.2 Å². The van der Waals surface area contributed by atoms with Crippen LogP contribution in [0.1, 0.15) is 131 Å². The number of hydrogen-bond donors (Lipinski definition) is 2. The fourth-order valence-electron chi connectivity index (χ4n) is 7.64. The van der Waals surface area contributed by atoms with Gasteiger partial charge in [-0.1, -0.05) is 91.8 Å². The first-order chi connectivity index (χ1) is 22.9. The van der Waals surface area contributed by atoms with Gasteiger partial charge in [-0.05, 0) is 97.2 Å². The SMILES string of the molecule is CC(C)(C)CCC(C1=CC=C(C(=O)NCc2nn[nH]n2)CC1)N1C(=O)C(c2ccc(CC(C)(C)C)c(F)c2)=NC12CCC(C(C)(C)C)CC2. The summed E-state index contributed by atoms with van der Waals surface area (Å²) in [5.41, 5.74) is 2.84. The number of rotatable bonds is 9. The van der Waals surface area contributed by atoms with Crippen molar-refractivity contribution >= 4 is 17.5 Å². The normalized spacial score (nSPS) is 22.6. The largest absolute Gasteiger partial charge is 0.345 e. The second-order valence-electron chi connectivity index (χ2n) is 17.9. The predicted octanol–water partition coefficient (Wildman–Crippen LogP) is 7.65. The van der Waals surface area contributed by atoms with E-state index < -0.39 is 5.66 Å². The smallest absolute Gasteiger partial charge is 0.275 e. The van der Waals surface area contributed by atoms with Crippen LogP contribution in [0.15, 0.2) is 46.5 Å². The molecule has 266 valence electrons. The van der Waals surface area contributed by atoms with Gasteiger partial charge in [0, 0.05) is 11.1 Å². The molecule has 5 rings (SSSR count). The van der Waals surface area contributed by atoms with Crippen LogP contribution in [0.25, 0.3) is 0 Å². The number of benzene rings is 1. The van der Waals surface area contributed by atoms with Gasteiger partial charge in [0.2, 0.25) is 5.91 Å². The van der Waals surface area contributed by atoms with Crippen LogP contribution < -0.4 is 5.32 Å². The number of allylic oxidation sites excluding steroid dienone is 2. The van der Waals surface area contributed by atoms with Crippen LogP contribution in [0.5, 0.6) is 0 Å². The van der Waals surface area contributed by atoms with Crippen LogP contribution in [-0.4, -0.2) is 54.8 Å². The Labute approximate surface area is 291 Å². The van der Waals surface area contributed by atoms with Crippen molar-refractivity contribution in [1.82, 2.24) is 30.8 Å². The molecule has 2 aliphatic carbocycles. The monoisotopic (exact) mass is 673 g/mol. The third kappa shape index (κ3) is 8.73. The number of H-pyrrole nitrogens is 1. The lowest BCUT2D eigenvalue weighted by molar-refractivity contribution is -0.132. The molecule has 2 aromatic rings. The number of tetrazole rings is 1. The lowest BCUT2D eigenvalue weighted by Gasteiger charge is -2.48. The van der Waals surface area contributed by atoms with Crippen molar-refractivity contribution in [3.8, 4) is 0 Å². The highest BCUT2D eigenvalue weighted by molar-refractivity contribution is 6.46. The molecule has 2 amide bonds. The zero-order chi connectivity index (χ0) is 35.8. The van der Waals surface area contributed by atoms with Gasteiger partial charge in [0.1, 0.15) is 17.2 Å². The second kappa shape index (κ2) is 13.9. The number of halogens is 1. The first kappa shape index (κ1) is 36.6. The van der Waals surface area contributed by atoms with Gasteiger partial charge in [-0.15, -0.1) is 10.2 Å². The number of aliphatic imine (C=N–C) groups is 1. The Morgan fingerprint density at radius 1 is 1.04 bits per heavy atom. The van der Waals surface area contributed by atoms with Gasteiger partial charge >= 0.3 is 0 Å². The van der Waals surface area contributed by atoms with Gasteiger partial charge in [0.25, 0.3) is 5.91 Å². The highest BCUT2D eigenvalue weighted by atomic mass is 19.1. The van der Waals surface area contributed by atoms with E-state index in [1.54, 1.807) is 0 Å². The predicted molar refractivity (Wildman–Crippen MR) is 191 cm³/mol. The lowest BCUT2D eigenvalue weighted by Crippen LogP contribution is -2.55. The number of nitrogens with one attached hydrogen (secondary N) is 2. The number of aromatic nitrogens is 4. The summed E-state index contributed by atoms with van der Waals surface area (Å²) in [4.78, 5) is 35.2. The quantitative estimate of drug-likeness (QED) is 0.284. The van der Waals surface area contributed by atoms with Gasteiger partial charge in [-0.2, -0.15) is 5.21 Å². The Hall–Kier alpha value is -3.69. The minimum absolute atomic E-state index is 0.0546. The average molecular weight is 674 g/mol. The molecule has 0 saturated heterocycles. The molecule has 2 heterocycles. The van der Waals surface area contributed by atoms with Gasteiger partial charge in [-0.3, -0.25) is 14.6 Å². The van der Waals surface area contributed by atoms with E-state index in [9.17, 15) is 9.59 Å². The van der Waals surface area contributed by atoms with E-state index in [0.717, 1.165) is 44.1 Å². The molecule has 9 nitrogen and oxygen atoms in total. The molecule has 10 heteroatoms. The number of amides is 2. The minimum atomic E-state index is -0.690. The van der Waals surface area contributed by atoms with Gasteiger partial charge < -0.3 is 10.2 Å². The molecule has 1 aromatic heterocycles. The van der Waals surface area contributed by atoms with Gasteiger partial charge in [0.05, 0.1) is 12.6 Å². The molecule has 0 radical (unpaired) electrons. The number of hydrogen-bond acceptors (Lipinski definition) is 6. The summed E-state index contributed by atoms with van der Waals surface area (Å²) in [6, 6.07) is 5.03. The van der Waals surface area contributed by atoms with Crippen LogP contribution in [0.2, 0.25) is 0 Å². The molecule has 1 aromatic carbocycles. The second-order valence-corrected chi connectivity index (χ2v) is 17.9. The maximum absolute atomic E-state index is 15.6. The van der Waals surface area contributed by atoms with Crippen molar-refractivity contribution < 1.29 is 14.0 Å². The van der Waals surface area contributed by atoms with Crippen molar-refractivity contribution in [3.05, 3.63) is 64.3 Å². The molecular weight excluding hydrogens is 617 g/mol. The van der Waals surface area contributed by atoms with E-state index in [-0.39, 0.29) is 46.5 Å². The van der Waals surface area contributed by atoms with E-state index in [1.807, 2.05) is 24.3 Å². The third-order valence-electron chi connectivity index (χ3n) is 10.4. The van der Waals surface area contributed by atoms with E-state index in [1.165, 1.54) is 6.07 Å². The summed E-state index contributed by atoms with van der Waals surface area (Å²) in [5, 5.41) is 16.6. The summed E-state index contributed by atoms with van der Waals surface area (Å²) in [6.45, 7) is 20.1. The first-order valence-corrected chi connectivity index (χ1v) is 18.0. The summed E-state index contributed by atoms with van der Waals surface area (Å²) < 4.78 is 15.6. The summed E-state index contributed by atoms with van der Waals surface area (Å²) in [7, 11) is 0. The standard InChI is InChI=1S/C39H56FN7O2/c1-36(2,3)19-18-31(25-10-12-26(13-11-25)34(48)41-24-32-43-45-46-44-32)47-35(49)33(27-14-15-28(30(40)22-27)23-37(4,5)6)42-39(47)20-16-29(17-21-39)38(7,8)9/h10,12,14-15,22,29,31H,11,13,16-21,23-24H2,1-9H3,(H,41,48)(H,43,44,45,46). The van der Waals surface area contributed by atoms with Crippen LogP contribution in [0.4, 0.5) is 4.39 Å². The fourth-order valence-corrected chi connectivity index (χ4v) is 7.64. The first-order valence-electron chi connectivity index (χ1n) is 18.0. The number of carbonyl (C=O) groups excluding carboxylic acids is 2. The molecule has 3 aliphatic rings. The Morgan fingerprint density at radius 3 is 2.31 bits per heavy atom. The highest BCUT2D eigenvalue weighted by Gasteiger charge is 2.53. The molecule has 49 heavy (non-hydrogen) atoms. The van der Waals surface area contributed by atoms with Crippen LogP contribution in [0.3, 0.4) is 0 Å². The molecule has 1 saturated carbocycles. The van der Waals surface area contributed by atoms with E-state index >= 15 is 4.39 Å². The number of nitrogens with zero attached hydrogens (tertiary/aromatic N) is 5.